The summed E-state index contributed by atoms with van der Waals surface area (Å²) in [4.78, 5) is 11.2. The van der Waals surface area contributed by atoms with Crippen LogP contribution >= 0.6 is 0 Å². The fraction of sp³-hybridized carbons (Fsp3) is 0.417. The highest BCUT2D eigenvalue weighted by Gasteiger charge is 2.10. The first-order valence-corrected chi connectivity index (χ1v) is 7.76. The van der Waals surface area contributed by atoms with E-state index in [-0.39, 0.29) is 18.3 Å². The number of carbonyl (C=O) groups is 1. The van der Waals surface area contributed by atoms with E-state index >= 15 is 0 Å². The minimum atomic E-state index is -3.44. The van der Waals surface area contributed by atoms with Crippen molar-refractivity contribution >= 4 is 21.7 Å². The molecule has 0 unspecified atom stereocenters. The average molecular weight is 285 g/mol. The van der Waals surface area contributed by atoms with Crippen LogP contribution in [-0.2, 0) is 10.0 Å². The number of sulfonamides is 1. The van der Waals surface area contributed by atoms with E-state index in [4.69, 9.17) is 0 Å². The summed E-state index contributed by atoms with van der Waals surface area (Å²) in [5, 5.41) is 5.09. The van der Waals surface area contributed by atoms with Crippen LogP contribution in [0.2, 0.25) is 0 Å². The number of nitrogens with one attached hydrogen (secondary N) is 3. The van der Waals surface area contributed by atoms with Crippen LogP contribution in [-0.4, -0.2) is 33.3 Å². The third-order valence-corrected chi connectivity index (χ3v) is 3.53. The second-order valence-corrected chi connectivity index (χ2v) is 5.81. The number of urea groups is 1. The summed E-state index contributed by atoms with van der Waals surface area (Å²) in [5.41, 5.74) is 0.512. The predicted molar refractivity (Wildman–Crippen MR) is 75.5 cm³/mol. The van der Waals surface area contributed by atoms with Gasteiger partial charge in [-0.2, -0.15) is 0 Å². The quantitative estimate of drug-likeness (QED) is 0.702. The lowest BCUT2D eigenvalue weighted by Gasteiger charge is -2.09. The van der Waals surface area contributed by atoms with E-state index in [0.29, 0.717) is 12.2 Å². The summed E-state index contributed by atoms with van der Waals surface area (Å²) in [6.07, 6.45) is 0.835. The lowest BCUT2D eigenvalue weighted by Crippen LogP contribution is -2.38. The maximum absolute atomic E-state index is 11.7. The highest BCUT2D eigenvalue weighted by atomic mass is 32.2. The van der Waals surface area contributed by atoms with Crippen LogP contribution in [0.3, 0.4) is 0 Å². The molecule has 6 nitrogen and oxygen atoms in total. The van der Waals surface area contributed by atoms with Gasteiger partial charge >= 0.3 is 6.03 Å². The molecule has 0 atom stereocenters. The van der Waals surface area contributed by atoms with E-state index in [9.17, 15) is 13.2 Å². The van der Waals surface area contributed by atoms with Gasteiger partial charge in [0.25, 0.3) is 0 Å². The molecule has 0 radical (unpaired) electrons. The van der Waals surface area contributed by atoms with Gasteiger partial charge in [-0.3, -0.25) is 4.72 Å². The Labute approximate surface area is 113 Å². The van der Waals surface area contributed by atoms with Crippen molar-refractivity contribution in [2.24, 2.45) is 0 Å². The largest absolute Gasteiger partial charge is 0.338 e. The van der Waals surface area contributed by atoms with Crippen molar-refractivity contribution in [2.75, 3.05) is 23.6 Å². The van der Waals surface area contributed by atoms with Gasteiger partial charge in [0.1, 0.15) is 0 Å². The summed E-state index contributed by atoms with van der Waals surface area (Å²) >= 11 is 0. The van der Waals surface area contributed by atoms with Crippen LogP contribution < -0.4 is 15.4 Å². The highest BCUT2D eigenvalue weighted by Crippen LogP contribution is 2.07. The highest BCUT2D eigenvalue weighted by molar-refractivity contribution is 7.92. The van der Waals surface area contributed by atoms with Gasteiger partial charge in [-0.15, -0.1) is 0 Å². The standard InChI is InChI=1S/C12H19N3O3S/c1-2-8-13-12(16)14-9-10-19(17,18)15-11-6-4-3-5-7-11/h3-7,15H,2,8-10H2,1H3,(H2,13,14,16). The number of amides is 2. The zero-order valence-electron chi connectivity index (χ0n) is 10.8. The van der Waals surface area contributed by atoms with Crippen LogP contribution in [0.1, 0.15) is 13.3 Å². The Bertz CT molecular complexity index is 488. The van der Waals surface area contributed by atoms with Crippen LogP contribution in [0.15, 0.2) is 30.3 Å². The van der Waals surface area contributed by atoms with Crippen molar-refractivity contribution in [3.05, 3.63) is 30.3 Å². The lowest BCUT2D eigenvalue weighted by atomic mass is 10.3. The average Bonchev–Trinajstić information content (AvgIpc) is 2.36. The number of hydrogen-bond acceptors (Lipinski definition) is 3. The van der Waals surface area contributed by atoms with Gasteiger partial charge in [-0.1, -0.05) is 25.1 Å². The van der Waals surface area contributed by atoms with Crippen molar-refractivity contribution in [3.63, 3.8) is 0 Å². The molecule has 1 aromatic rings. The number of carbonyl (C=O) groups excluding carboxylic acids is 1. The molecule has 0 saturated carbocycles. The molecular weight excluding hydrogens is 266 g/mol. The van der Waals surface area contributed by atoms with E-state index < -0.39 is 10.0 Å². The molecule has 0 saturated heterocycles. The van der Waals surface area contributed by atoms with Crippen molar-refractivity contribution in [1.29, 1.82) is 0 Å². The van der Waals surface area contributed by atoms with E-state index in [2.05, 4.69) is 15.4 Å². The number of para-hydroxylation sites is 1. The summed E-state index contributed by atoms with van der Waals surface area (Å²) < 4.78 is 25.9. The molecule has 0 fully saturated rings. The maximum atomic E-state index is 11.7. The molecule has 0 bridgehead atoms. The molecule has 0 aromatic heterocycles. The third-order valence-electron chi connectivity index (χ3n) is 2.24. The number of rotatable bonds is 7. The van der Waals surface area contributed by atoms with Crippen LogP contribution in [0, 0.1) is 0 Å². The molecule has 0 aliphatic rings. The van der Waals surface area contributed by atoms with Crippen molar-refractivity contribution in [1.82, 2.24) is 10.6 Å². The van der Waals surface area contributed by atoms with Crippen LogP contribution in [0.25, 0.3) is 0 Å². The fourth-order valence-electron chi connectivity index (χ4n) is 1.34. The summed E-state index contributed by atoms with van der Waals surface area (Å²) in [6.45, 7) is 2.58. The van der Waals surface area contributed by atoms with Crippen LogP contribution in [0.4, 0.5) is 10.5 Å². The van der Waals surface area contributed by atoms with E-state index in [0.717, 1.165) is 6.42 Å². The summed E-state index contributed by atoms with van der Waals surface area (Å²) in [7, 11) is -3.44. The summed E-state index contributed by atoms with van der Waals surface area (Å²) in [5.74, 6) is -0.165. The predicted octanol–water partition coefficient (Wildman–Crippen LogP) is 1.14. The zero-order chi connectivity index (χ0) is 14.1. The monoisotopic (exact) mass is 285 g/mol. The molecular formula is C12H19N3O3S. The van der Waals surface area contributed by atoms with Gasteiger partial charge in [-0.25, -0.2) is 13.2 Å². The Morgan fingerprint density at radius 1 is 1.11 bits per heavy atom. The smallest absolute Gasteiger partial charge is 0.314 e. The van der Waals surface area contributed by atoms with Gasteiger partial charge in [0.15, 0.2) is 0 Å². The second kappa shape index (κ2) is 7.63. The van der Waals surface area contributed by atoms with Gasteiger partial charge in [-0.05, 0) is 18.6 Å². The summed E-state index contributed by atoms with van der Waals surface area (Å²) in [6, 6.07) is 8.27. The SMILES string of the molecule is CCCNC(=O)NCCS(=O)(=O)Nc1ccccc1. The molecule has 19 heavy (non-hydrogen) atoms. The second-order valence-electron chi connectivity index (χ2n) is 3.97. The van der Waals surface area contributed by atoms with E-state index in [1.165, 1.54) is 0 Å². The number of anilines is 1. The third kappa shape index (κ3) is 6.66. The Morgan fingerprint density at radius 2 is 1.74 bits per heavy atom. The van der Waals surface area contributed by atoms with E-state index in [1.54, 1.807) is 30.3 Å². The first-order chi connectivity index (χ1) is 9.03. The Hall–Kier alpha value is -1.76. The Balaban J connectivity index is 2.33. The first kappa shape index (κ1) is 15.3. The number of benzene rings is 1. The molecule has 106 valence electrons. The minimum Gasteiger partial charge on any atom is -0.338 e. The van der Waals surface area contributed by atoms with Gasteiger partial charge in [0.2, 0.25) is 10.0 Å². The molecule has 3 N–H and O–H groups in total. The normalized spacial score (nSPS) is 10.8. The maximum Gasteiger partial charge on any atom is 0.314 e. The van der Waals surface area contributed by atoms with Crippen molar-refractivity contribution in [3.8, 4) is 0 Å². The molecule has 0 aliphatic carbocycles. The minimum absolute atomic E-state index is 0.0672. The molecule has 0 spiro atoms. The number of hydrogen-bond donors (Lipinski definition) is 3. The Kier molecular flexibility index (Phi) is 6.14. The van der Waals surface area contributed by atoms with Gasteiger partial charge in [0.05, 0.1) is 5.75 Å². The van der Waals surface area contributed by atoms with E-state index in [1.807, 2.05) is 6.92 Å². The molecule has 0 heterocycles. The van der Waals surface area contributed by atoms with Gasteiger partial charge < -0.3 is 10.6 Å². The molecule has 2 amide bonds. The van der Waals surface area contributed by atoms with Crippen molar-refractivity contribution < 1.29 is 13.2 Å². The Morgan fingerprint density at radius 3 is 2.37 bits per heavy atom. The molecule has 7 heteroatoms. The first-order valence-electron chi connectivity index (χ1n) is 6.11. The fourth-order valence-corrected chi connectivity index (χ4v) is 2.30. The topological polar surface area (TPSA) is 87.3 Å². The molecule has 1 aromatic carbocycles. The lowest BCUT2D eigenvalue weighted by molar-refractivity contribution is 0.241. The van der Waals surface area contributed by atoms with Gasteiger partial charge in [0, 0.05) is 18.8 Å². The van der Waals surface area contributed by atoms with Crippen molar-refractivity contribution in [2.45, 2.75) is 13.3 Å². The van der Waals surface area contributed by atoms with Crippen LogP contribution in [0.5, 0.6) is 0 Å². The zero-order valence-corrected chi connectivity index (χ0v) is 11.7. The molecule has 0 aliphatic heterocycles. The molecule has 1 rings (SSSR count).